The molecule has 2 aromatic heterocycles. The van der Waals surface area contributed by atoms with Gasteiger partial charge in [0.1, 0.15) is 10.3 Å². The summed E-state index contributed by atoms with van der Waals surface area (Å²) in [6.07, 6.45) is 1.78. The molecule has 3 aromatic rings. The predicted molar refractivity (Wildman–Crippen MR) is 97.0 cm³/mol. The minimum absolute atomic E-state index is 0.0530. The maximum absolute atomic E-state index is 12.5. The van der Waals surface area contributed by atoms with Crippen LogP contribution in [0.3, 0.4) is 0 Å². The lowest BCUT2D eigenvalue weighted by Gasteiger charge is -2.34. The summed E-state index contributed by atoms with van der Waals surface area (Å²) in [4.78, 5) is 26.6. The largest absolute Gasteiger partial charge is 0.344 e. The molecule has 5 nitrogen and oxygen atoms in total. The van der Waals surface area contributed by atoms with Crippen molar-refractivity contribution < 1.29 is 4.79 Å². The quantitative estimate of drug-likeness (QED) is 0.705. The van der Waals surface area contributed by atoms with E-state index in [1.165, 1.54) is 0 Å². The Kier molecular flexibility index (Phi) is 4.08. The molecule has 122 valence electrons. The minimum atomic E-state index is 0.0530. The average molecular weight is 359 g/mol. The number of pyridine rings is 1. The van der Waals surface area contributed by atoms with Crippen molar-refractivity contribution in [3.05, 3.63) is 53.2 Å². The van der Waals surface area contributed by atoms with Crippen LogP contribution in [0.15, 0.2) is 42.6 Å². The molecule has 1 aromatic carbocycles. The second-order valence-electron chi connectivity index (χ2n) is 5.61. The molecule has 1 aliphatic rings. The zero-order chi connectivity index (χ0) is 16.5. The summed E-state index contributed by atoms with van der Waals surface area (Å²) in [5.74, 6) is 0.0530. The molecule has 0 atom stereocenters. The molecule has 0 aliphatic carbocycles. The molecule has 3 heterocycles. The van der Waals surface area contributed by atoms with Crippen LogP contribution >= 0.6 is 22.9 Å². The van der Waals surface area contributed by atoms with Crippen LogP contribution in [0.2, 0.25) is 5.02 Å². The number of carbonyl (C=O) groups excluding carboxylic acids is 1. The van der Waals surface area contributed by atoms with Crippen molar-refractivity contribution in [1.29, 1.82) is 0 Å². The number of anilines is 1. The van der Waals surface area contributed by atoms with Gasteiger partial charge in [0.2, 0.25) is 0 Å². The first kappa shape index (κ1) is 15.4. The van der Waals surface area contributed by atoms with Crippen molar-refractivity contribution >= 4 is 44.3 Å². The van der Waals surface area contributed by atoms with Gasteiger partial charge >= 0.3 is 0 Å². The number of hydrogen-bond donors (Lipinski definition) is 0. The van der Waals surface area contributed by atoms with Crippen molar-refractivity contribution in [3.8, 4) is 0 Å². The summed E-state index contributed by atoms with van der Waals surface area (Å²) < 4.78 is 0. The van der Waals surface area contributed by atoms with Gasteiger partial charge in [0.25, 0.3) is 5.91 Å². The van der Waals surface area contributed by atoms with Gasteiger partial charge in [0, 0.05) is 43.0 Å². The molecule has 4 rings (SSSR count). The summed E-state index contributed by atoms with van der Waals surface area (Å²) in [6.45, 7) is 2.92. The lowest BCUT2D eigenvalue weighted by molar-refractivity contribution is 0.0747. The van der Waals surface area contributed by atoms with Gasteiger partial charge in [-0.2, -0.15) is 0 Å². The smallest absolute Gasteiger partial charge is 0.253 e. The van der Waals surface area contributed by atoms with Crippen LogP contribution in [0.1, 0.15) is 10.4 Å². The number of rotatable bonds is 2. The molecule has 0 unspecified atom stereocenters. The van der Waals surface area contributed by atoms with E-state index in [-0.39, 0.29) is 5.91 Å². The van der Waals surface area contributed by atoms with E-state index in [1.54, 1.807) is 41.8 Å². The molecule has 0 bridgehead atoms. The van der Waals surface area contributed by atoms with E-state index in [9.17, 15) is 4.79 Å². The molecule has 7 heteroatoms. The van der Waals surface area contributed by atoms with Crippen LogP contribution < -0.4 is 4.90 Å². The van der Waals surface area contributed by atoms with Crippen LogP contribution in [0.25, 0.3) is 10.3 Å². The highest BCUT2D eigenvalue weighted by atomic mass is 35.5. The second-order valence-corrected chi connectivity index (χ2v) is 7.00. The van der Waals surface area contributed by atoms with E-state index in [0.29, 0.717) is 23.7 Å². The van der Waals surface area contributed by atoms with Crippen molar-refractivity contribution in [2.24, 2.45) is 0 Å². The number of halogens is 1. The Labute approximate surface area is 148 Å². The van der Waals surface area contributed by atoms with Crippen LogP contribution in [0.4, 0.5) is 5.13 Å². The van der Waals surface area contributed by atoms with Gasteiger partial charge < -0.3 is 9.80 Å². The fourth-order valence-corrected chi connectivity index (χ4v) is 3.86. The molecule has 24 heavy (non-hydrogen) atoms. The first-order valence-corrected chi connectivity index (χ1v) is 8.91. The summed E-state index contributed by atoms with van der Waals surface area (Å²) in [7, 11) is 0. The summed E-state index contributed by atoms with van der Waals surface area (Å²) in [5.41, 5.74) is 1.61. The number of benzene rings is 1. The molecule has 1 amide bonds. The van der Waals surface area contributed by atoms with Gasteiger partial charge in [0.05, 0.1) is 0 Å². The highest BCUT2D eigenvalue weighted by molar-refractivity contribution is 7.21. The topological polar surface area (TPSA) is 49.3 Å². The number of aromatic nitrogens is 2. The van der Waals surface area contributed by atoms with E-state index in [1.807, 2.05) is 17.0 Å². The minimum Gasteiger partial charge on any atom is -0.344 e. The van der Waals surface area contributed by atoms with Crippen LogP contribution in [-0.2, 0) is 0 Å². The van der Waals surface area contributed by atoms with E-state index < -0.39 is 0 Å². The summed E-state index contributed by atoms with van der Waals surface area (Å²) in [6, 6.07) is 10.9. The Morgan fingerprint density at radius 3 is 2.54 bits per heavy atom. The van der Waals surface area contributed by atoms with Crippen molar-refractivity contribution in [3.63, 3.8) is 0 Å². The van der Waals surface area contributed by atoms with E-state index in [0.717, 1.165) is 28.6 Å². The Hall–Kier alpha value is -2.18. The monoisotopic (exact) mass is 358 g/mol. The Bertz CT molecular complexity index is 839. The van der Waals surface area contributed by atoms with Crippen LogP contribution in [-0.4, -0.2) is 47.0 Å². The average Bonchev–Trinajstić information content (AvgIpc) is 3.06. The fourth-order valence-electron chi connectivity index (χ4n) is 2.77. The van der Waals surface area contributed by atoms with Gasteiger partial charge in [-0.15, -0.1) is 0 Å². The molecule has 1 aliphatic heterocycles. The zero-order valence-electron chi connectivity index (χ0n) is 12.9. The predicted octanol–water partition coefficient (Wildman–Crippen LogP) is 3.31. The van der Waals surface area contributed by atoms with Crippen molar-refractivity contribution in [2.45, 2.75) is 0 Å². The number of carbonyl (C=O) groups is 1. The number of piperazine rings is 1. The fraction of sp³-hybridized carbons (Fsp3) is 0.235. The van der Waals surface area contributed by atoms with E-state index >= 15 is 0 Å². The van der Waals surface area contributed by atoms with Crippen LogP contribution in [0.5, 0.6) is 0 Å². The first-order chi connectivity index (χ1) is 11.7. The summed E-state index contributed by atoms with van der Waals surface area (Å²) in [5, 5.41) is 1.61. The molecule has 0 radical (unpaired) electrons. The van der Waals surface area contributed by atoms with Gasteiger partial charge in [0.15, 0.2) is 5.13 Å². The highest BCUT2D eigenvalue weighted by Gasteiger charge is 2.24. The Morgan fingerprint density at radius 1 is 1.08 bits per heavy atom. The number of fused-ring (bicyclic) bond motifs is 1. The lowest BCUT2D eigenvalue weighted by Crippen LogP contribution is -2.48. The zero-order valence-corrected chi connectivity index (χ0v) is 14.4. The number of nitrogens with zero attached hydrogens (tertiary/aromatic N) is 4. The molecule has 0 spiro atoms. The standard InChI is InChI=1S/C17H15ClN4OS/c18-13-5-3-12(4-6-13)16(23)21-8-10-22(11-9-21)17-20-14-2-1-7-19-15(14)24-17/h1-7H,8-11H2. The molecule has 1 saturated heterocycles. The van der Waals surface area contributed by atoms with Crippen LogP contribution in [0, 0.1) is 0 Å². The third-order valence-electron chi connectivity index (χ3n) is 4.08. The third kappa shape index (κ3) is 2.95. The molecule has 0 saturated carbocycles. The maximum atomic E-state index is 12.5. The normalized spacial score (nSPS) is 15.0. The number of hydrogen-bond acceptors (Lipinski definition) is 5. The number of thiazole rings is 1. The molecule has 0 N–H and O–H groups in total. The SMILES string of the molecule is O=C(c1ccc(Cl)cc1)N1CCN(c2nc3cccnc3s2)CC1. The summed E-state index contributed by atoms with van der Waals surface area (Å²) >= 11 is 7.48. The van der Waals surface area contributed by atoms with E-state index in [2.05, 4.69) is 14.9 Å². The Balaban J connectivity index is 1.44. The Morgan fingerprint density at radius 2 is 1.83 bits per heavy atom. The van der Waals surface area contributed by atoms with Gasteiger partial charge in [-0.25, -0.2) is 9.97 Å². The third-order valence-corrected chi connectivity index (χ3v) is 5.38. The van der Waals surface area contributed by atoms with E-state index in [4.69, 9.17) is 11.6 Å². The van der Waals surface area contributed by atoms with Gasteiger partial charge in [-0.05, 0) is 36.4 Å². The van der Waals surface area contributed by atoms with Gasteiger partial charge in [-0.1, -0.05) is 22.9 Å². The van der Waals surface area contributed by atoms with Gasteiger partial charge in [-0.3, -0.25) is 4.79 Å². The van der Waals surface area contributed by atoms with Crippen molar-refractivity contribution in [2.75, 3.05) is 31.1 Å². The highest BCUT2D eigenvalue weighted by Crippen LogP contribution is 2.27. The molecular weight excluding hydrogens is 344 g/mol. The number of amides is 1. The molecular formula is C17H15ClN4OS. The van der Waals surface area contributed by atoms with Crippen molar-refractivity contribution in [1.82, 2.24) is 14.9 Å². The lowest BCUT2D eigenvalue weighted by atomic mass is 10.2. The molecule has 1 fully saturated rings. The second kappa shape index (κ2) is 6.37. The maximum Gasteiger partial charge on any atom is 0.253 e. The first-order valence-electron chi connectivity index (χ1n) is 7.72.